The number of piperidine rings is 1. The van der Waals surface area contributed by atoms with Crippen LogP contribution in [-0.2, 0) is 14.8 Å². The SMILES string of the molecule is CCOc1ccc(Cl)cc1S(=O)(=O)N1CCCC(C(=O)NCCSc2n[nH]c(-c3ccccc3)n2)C1. The van der Waals surface area contributed by atoms with Gasteiger partial charge in [-0.25, -0.2) is 13.4 Å². The molecule has 192 valence electrons. The molecule has 2 heterocycles. The zero-order chi connectivity index (χ0) is 25.5. The number of rotatable bonds is 10. The van der Waals surface area contributed by atoms with E-state index in [4.69, 9.17) is 16.3 Å². The quantitative estimate of drug-likeness (QED) is 0.291. The highest BCUT2D eigenvalue weighted by Crippen LogP contribution is 2.32. The Balaban J connectivity index is 1.30. The number of aromatic amines is 1. The van der Waals surface area contributed by atoms with Crippen molar-refractivity contribution in [3.8, 4) is 17.1 Å². The molecule has 0 aliphatic carbocycles. The first-order valence-electron chi connectivity index (χ1n) is 11.7. The van der Waals surface area contributed by atoms with E-state index in [0.717, 1.165) is 5.56 Å². The van der Waals surface area contributed by atoms with Crippen molar-refractivity contribution in [2.24, 2.45) is 5.92 Å². The van der Waals surface area contributed by atoms with E-state index < -0.39 is 15.9 Å². The predicted octanol–water partition coefficient (Wildman–Crippen LogP) is 3.83. The van der Waals surface area contributed by atoms with Crippen LogP contribution >= 0.6 is 23.4 Å². The van der Waals surface area contributed by atoms with Crippen LogP contribution in [0, 0.1) is 5.92 Å². The highest BCUT2D eigenvalue weighted by atomic mass is 35.5. The van der Waals surface area contributed by atoms with Crippen molar-refractivity contribution in [3.63, 3.8) is 0 Å². The average Bonchev–Trinajstić information content (AvgIpc) is 3.37. The van der Waals surface area contributed by atoms with Crippen molar-refractivity contribution in [1.29, 1.82) is 0 Å². The number of ether oxygens (including phenoxy) is 1. The second-order valence-corrected chi connectivity index (χ2v) is 11.6. The average molecular weight is 550 g/mol. The number of carbonyl (C=O) groups excluding carboxylic acids is 1. The first-order chi connectivity index (χ1) is 17.4. The maximum atomic E-state index is 13.4. The molecule has 1 amide bonds. The minimum Gasteiger partial charge on any atom is -0.492 e. The number of nitrogens with zero attached hydrogens (tertiary/aromatic N) is 3. The standard InChI is InChI=1S/C24H28ClN5O4S2/c1-2-34-20-11-10-19(25)15-21(20)36(32,33)30-13-6-9-18(16-30)23(31)26-12-14-35-24-27-22(28-29-24)17-7-4-3-5-8-17/h3-5,7-8,10-11,15,18H,2,6,9,12-14,16H2,1H3,(H,26,31)(H,27,28,29). The van der Waals surface area contributed by atoms with E-state index in [9.17, 15) is 13.2 Å². The highest BCUT2D eigenvalue weighted by molar-refractivity contribution is 7.99. The Morgan fingerprint density at radius 1 is 1.28 bits per heavy atom. The maximum Gasteiger partial charge on any atom is 0.246 e. The molecule has 3 aromatic rings. The zero-order valence-electron chi connectivity index (χ0n) is 19.8. The third-order valence-electron chi connectivity index (χ3n) is 5.72. The lowest BCUT2D eigenvalue weighted by Crippen LogP contribution is -2.45. The van der Waals surface area contributed by atoms with Gasteiger partial charge in [0, 0.05) is 36.0 Å². The third kappa shape index (κ3) is 6.39. The van der Waals surface area contributed by atoms with Crippen LogP contribution in [0.5, 0.6) is 5.75 Å². The number of halogens is 1. The van der Waals surface area contributed by atoms with Crippen LogP contribution in [0.3, 0.4) is 0 Å². The molecule has 2 aromatic carbocycles. The van der Waals surface area contributed by atoms with E-state index in [2.05, 4.69) is 20.5 Å². The molecule has 9 nitrogen and oxygen atoms in total. The molecule has 0 spiro atoms. The van der Waals surface area contributed by atoms with Crippen molar-refractivity contribution in [1.82, 2.24) is 24.8 Å². The second kappa shape index (κ2) is 12.1. The zero-order valence-corrected chi connectivity index (χ0v) is 22.2. The lowest BCUT2D eigenvalue weighted by molar-refractivity contribution is -0.125. The number of nitrogens with one attached hydrogen (secondary N) is 2. The molecular formula is C24H28ClN5O4S2. The van der Waals surface area contributed by atoms with Crippen LogP contribution < -0.4 is 10.1 Å². The van der Waals surface area contributed by atoms with Gasteiger partial charge in [0.05, 0.1) is 12.5 Å². The van der Waals surface area contributed by atoms with Gasteiger partial charge < -0.3 is 10.1 Å². The van der Waals surface area contributed by atoms with E-state index in [0.29, 0.717) is 54.3 Å². The summed E-state index contributed by atoms with van der Waals surface area (Å²) in [5.74, 6) is 0.950. The van der Waals surface area contributed by atoms with Crippen molar-refractivity contribution in [2.75, 3.05) is 32.0 Å². The van der Waals surface area contributed by atoms with Crippen molar-refractivity contribution >= 4 is 39.3 Å². The first kappa shape index (κ1) is 26.5. The summed E-state index contributed by atoms with van der Waals surface area (Å²) in [6, 6.07) is 14.3. The Kier molecular flexibility index (Phi) is 8.89. The molecule has 0 bridgehead atoms. The second-order valence-electron chi connectivity index (χ2n) is 8.20. The lowest BCUT2D eigenvalue weighted by Gasteiger charge is -2.31. The van der Waals surface area contributed by atoms with E-state index in [-0.39, 0.29) is 23.1 Å². The van der Waals surface area contributed by atoms with Gasteiger partial charge in [-0.1, -0.05) is 53.7 Å². The van der Waals surface area contributed by atoms with Gasteiger partial charge >= 0.3 is 0 Å². The number of H-pyrrole nitrogens is 1. The largest absolute Gasteiger partial charge is 0.492 e. The van der Waals surface area contributed by atoms with Crippen LogP contribution in [0.15, 0.2) is 58.6 Å². The molecule has 1 saturated heterocycles. The van der Waals surface area contributed by atoms with Crippen LogP contribution in [0.1, 0.15) is 19.8 Å². The monoisotopic (exact) mass is 549 g/mol. The summed E-state index contributed by atoms with van der Waals surface area (Å²) >= 11 is 7.51. The first-order valence-corrected chi connectivity index (χ1v) is 14.5. The minimum absolute atomic E-state index is 0.0238. The molecule has 0 radical (unpaired) electrons. The smallest absolute Gasteiger partial charge is 0.246 e. The molecule has 2 N–H and O–H groups in total. The van der Waals surface area contributed by atoms with E-state index in [1.165, 1.54) is 22.1 Å². The molecule has 1 atom stereocenters. The minimum atomic E-state index is -3.87. The summed E-state index contributed by atoms with van der Waals surface area (Å²) in [6.45, 7) is 2.99. The third-order valence-corrected chi connectivity index (χ3v) is 8.69. The van der Waals surface area contributed by atoms with Crippen LogP contribution in [0.2, 0.25) is 5.02 Å². The number of carbonyl (C=O) groups is 1. The van der Waals surface area contributed by atoms with Crippen LogP contribution in [0.25, 0.3) is 11.4 Å². The molecular weight excluding hydrogens is 522 g/mol. The Hall–Kier alpha value is -2.60. The molecule has 36 heavy (non-hydrogen) atoms. The van der Waals surface area contributed by atoms with Crippen LogP contribution in [0.4, 0.5) is 0 Å². The van der Waals surface area contributed by atoms with E-state index in [1.807, 2.05) is 30.3 Å². The predicted molar refractivity (Wildman–Crippen MR) is 140 cm³/mol. The maximum absolute atomic E-state index is 13.4. The Bertz CT molecular complexity index is 1290. The van der Waals surface area contributed by atoms with Crippen molar-refractivity contribution in [3.05, 3.63) is 53.6 Å². The van der Waals surface area contributed by atoms with Crippen molar-refractivity contribution < 1.29 is 17.9 Å². The summed E-state index contributed by atoms with van der Waals surface area (Å²) in [4.78, 5) is 17.3. The van der Waals surface area contributed by atoms with Gasteiger partial charge in [-0.2, -0.15) is 4.31 Å². The Morgan fingerprint density at radius 3 is 2.86 bits per heavy atom. The summed E-state index contributed by atoms with van der Waals surface area (Å²) in [6.07, 6.45) is 1.22. The number of sulfonamides is 1. The summed E-state index contributed by atoms with van der Waals surface area (Å²) in [5, 5.41) is 11.0. The fourth-order valence-electron chi connectivity index (χ4n) is 3.97. The number of hydrogen-bond acceptors (Lipinski definition) is 7. The molecule has 1 unspecified atom stereocenters. The normalized spacial score (nSPS) is 16.6. The van der Waals surface area contributed by atoms with Crippen LogP contribution in [-0.4, -0.2) is 65.8 Å². The molecule has 4 rings (SSSR count). The van der Waals surface area contributed by atoms with Gasteiger partial charge in [-0.15, -0.1) is 5.10 Å². The topological polar surface area (TPSA) is 117 Å². The Morgan fingerprint density at radius 2 is 2.08 bits per heavy atom. The molecule has 12 heteroatoms. The highest BCUT2D eigenvalue weighted by Gasteiger charge is 2.35. The molecule has 1 aliphatic rings. The summed E-state index contributed by atoms with van der Waals surface area (Å²) in [7, 11) is -3.87. The lowest BCUT2D eigenvalue weighted by atomic mass is 9.99. The Labute approximate surface area is 220 Å². The molecule has 1 fully saturated rings. The number of benzene rings is 2. The number of amides is 1. The number of aromatic nitrogens is 3. The van der Waals surface area contributed by atoms with Gasteiger partial charge in [0.2, 0.25) is 21.1 Å². The molecule has 0 saturated carbocycles. The number of hydrogen-bond donors (Lipinski definition) is 2. The van der Waals surface area contributed by atoms with Gasteiger partial charge in [0.1, 0.15) is 10.6 Å². The summed E-state index contributed by atoms with van der Waals surface area (Å²) < 4.78 is 33.6. The fourth-order valence-corrected chi connectivity index (χ4v) is 6.54. The molecule has 1 aromatic heterocycles. The molecule has 1 aliphatic heterocycles. The summed E-state index contributed by atoms with van der Waals surface area (Å²) in [5.41, 5.74) is 0.952. The van der Waals surface area contributed by atoms with E-state index >= 15 is 0 Å². The van der Waals surface area contributed by atoms with Gasteiger partial charge in [-0.05, 0) is 38.0 Å². The van der Waals surface area contributed by atoms with Gasteiger partial charge in [0.25, 0.3) is 0 Å². The van der Waals surface area contributed by atoms with Gasteiger partial charge in [0.15, 0.2) is 5.82 Å². The van der Waals surface area contributed by atoms with E-state index in [1.54, 1.807) is 19.1 Å². The number of thioether (sulfide) groups is 1. The van der Waals surface area contributed by atoms with Crippen molar-refractivity contribution in [2.45, 2.75) is 29.8 Å². The van der Waals surface area contributed by atoms with Gasteiger partial charge in [-0.3, -0.25) is 9.89 Å². The fraction of sp³-hybridized carbons (Fsp3) is 0.375.